The molecular formula is C17H21NO3S. The van der Waals surface area contributed by atoms with Crippen LogP contribution in [0.3, 0.4) is 0 Å². The first-order valence-corrected chi connectivity index (χ1v) is 9.22. The highest BCUT2D eigenvalue weighted by molar-refractivity contribution is 7.89. The van der Waals surface area contributed by atoms with E-state index in [0.717, 1.165) is 35.8 Å². The van der Waals surface area contributed by atoms with Crippen LogP contribution in [-0.2, 0) is 10.0 Å². The number of rotatable bonds is 5. The van der Waals surface area contributed by atoms with Gasteiger partial charge in [0, 0.05) is 13.1 Å². The van der Waals surface area contributed by atoms with Gasteiger partial charge < -0.3 is 4.74 Å². The van der Waals surface area contributed by atoms with Crippen LogP contribution < -0.4 is 4.74 Å². The Morgan fingerprint density at radius 2 is 1.73 bits per heavy atom. The van der Waals surface area contributed by atoms with E-state index in [4.69, 9.17) is 4.74 Å². The minimum Gasteiger partial charge on any atom is -0.494 e. The summed E-state index contributed by atoms with van der Waals surface area (Å²) in [6, 6.07) is 11.1. The Morgan fingerprint density at radius 1 is 1.05 bits per heavy atom. The summed E-state index contributed by atoms with van der Waals surface area (Å²) in [4.78, 5) is 0.379. The first kappa shape index (κ1) is 15.3. The lowest BCUT2D eigenvalue weighted by Gasteiger charge is -2.16. The van der Waals surface area contributed by atoms with Gasteiger partial charge in [-0.1, -0.05) is 19.1 Å². The molecule has 2 aromatic carbocycles. The lowest BCUT2D eigenvalue weighted by Crippen LogP contribution is -2.27. The molecule has 1 saturated heterocycles. The molecule has 5 heteroatoms. The Labute approximate surface area is 131 Å². The van der Waals surface area contributed by atoms with Crippen LogP contribution in [0.25, 0.3) is 10.8 Å². The largest absolute Gasteiger partial charge is 0.494 e. The molecule has 3 rings (SSSR count). The predicted octanol–water partition coefficient (Wildman–Crippen LogP) is 3.41. The molecule has 1 heterocycles. The highest BCUT2D eigenvalue weighted by atomic mass is 32.2. The lowest BCUT2D eigenvalue weighted by molar-refractivity contribution is 0.318. The third-order valence-corrected chi connectivity index (χ3v) is 5.85. The van der Waals surface area contributed by atoms with Crippen LogP contribution >= 0.6 is 0 Å². The van der Waals surface area contributed by atoms with Gasteiger partial charge in [-0.25, -0.2) is 8.42 Å². The molecule has 0 bridgehead atoms. The van der Waals surface area contributed by atoms with Crippen LogP contribution in [0, 0.1) is 0 Å². The lowest BCUT2D eigenvalue weighted by atomic mass is 10.1. The molecular weight excluding hydrogens is 298 g/mol. The summed E-state index contributed by atoms with van der Waals surface area (Å²) in [5, 5.41) is 1.91. The Hall–Kier alpha value is -1.59. The Bertz CT molecular complexity index is 765. The third-order valence-electron chi connectivity index (χ3n) is 3.96. The number of nitrogens with zero attached hydrogens (tertiary/aromatic N) is 1. The minimum absolute atomic E-state index is 0.379. The molecule has 4 nitrogen and oxygen atoms in total. The number of fused-ring (bicyclic) bond motifs is 1. The van der Waals surface area contributed by atoms with Crippen molar-refractivity contribution in [2.75, 3.05) is 19.7 Å². The van der Waals surface area contributed by atoms with Gasteiger partial charge in [0.05, 0.1) is 11.5 Å². The van der Waals surface area contributed by atoms with Crippen molar-refractivity contribution in [3.63, 3.8) is 0 Å². The van der Waals surface area contributed by atoms with Crippen LogP contribution in [0.5, 0.6) is 5.75 Å². The van der Waals surface area contributed by atoms with Crippen molar-refractivity contribution in [3.8, 4) is 5.75 Å². The van der Waals surface area contributed by atoms with Crippen molar-refractivity contribution in [3.05, 3.63) is 36.4 Å². The molecule has 0 N–H and O–H groups in total. The zero-order valence-corrected chi connectivity index (χ0v) is 13.6. The van der Waals surface area contributed by atoms with Crippen molar-refractivity contribution in [1.82, 2.24) is 4.31 Å². The van der Waals surface area contributed by atoms with E-state index >= 15 is 0 Å². The van der Waals surface area contributed by atoms with Gasteiger partial charge in [-0.05, 0) is 54.3 Å². The molecule has 1 aliphatic rings. The summed E-state index contributed by atoms with van der Waals surface area (Å²) in [5.74, 6) is 0.824. The second kappa shape index (κ2) is 6.26. The van der Waals surface area contributed by atoms with E-state index in [1.54, 1.807) is 16.4 Å². The van der Waals surface area contributed by atoms with Gasteiger partial charge in [-0.15, -0.1) is 0 Å². The van der Waals surface area contributed by atoms with Crippen molar-refractivity contribution in [1.29, 1.82) is 0 Å². The molecule has 2 aromatic rings. The average Bonchev–Trinajstić information content (AvgIpc) is 3.07. The van der Waals surface area contributed by atoms with E-state index in [-0.39, 0.29) is 0 Å². The van der Waals surface area contributed by atoms with E-state index in [0.29, 0.717) is 24.6 Å². The zero-order chi connectivity index (χ0) is 15.6. The number of ether oxygens (including phenoxy) is 1. The van der Waals surface area contributed by atoms with Crippen LogP contribution in [0.4, 0.5) is 0 Å². The van der Waals surface area contributed by atoms with Gasteiger partial charge in [0.15, 0.2) is 0 Å². The number of sulfonamides is 1. The van der Waals surface area contributed by atoms with E-state index in [1.807, 2.05) is 24.3 Å². The van der Waals surface area contributed by atoms with Crippen LogP contribution in [0.2, 0.25) is 0 Å². The smallest absolute Gasteiger partial charge is 0.243 e. The molecule has 0 aliphatic carbocycles. The molecule has 0 atom stereocenters. The molecule has 1 fully saturated rings. The number of hydrogen-bond acceptors (Lipinski definition) is 3. The number of benzene rings is 2. The average molecular weight is 319 g/mol. The second-order valence-corrected chi connectivity index (χ2v) is 7.57. The third kappa shape index (κ3) is 2.96. The maximum Gasteiger partial charge on any atom is 0.243 e. The van der Waals surface area contributed by atoms with Crippen LogP contribution in [-0.4, -0.2) is 32.4 Å². The highest BCUT2D eigenvalue weighted by Crippen LogP contribution is 2.26. The van der Waals surface area contributed by atoms with Crippen LogP contribution in [0.15, 0.2) is 41.3 Å². The van der Waals surface area contributed by atoms with E-state index in [1.165, 1.54) is 0 Å². The summed E-state index contributed by atoms with van der Waals surface area (Å²) in [5.41, 5.74) is 0. The quantitative estimate of drug-likeness (QED) is 0.848. The fourth-order valence-electron chi connectivity index (χ4n) is 2.75. The topological polar surface area (TPSA) is 46.6 Å². The Kier molecular flexibility index (Phi) is 4.36. The maximum absolute atomic E-state index is 12.6. The summed E-state index contributed by atoms with van der Waals surface area (Å²) < 4.78 is 32.4. The summed E-state index contributed by atoms with van der Waals surface area (Å²) in [6.45, 7) is 4.01. The first-order valence-electron chi connectivity index (χ1n) is 7.78. The summed E-state index contributed by atoms with van der Waals surface area (Å²) in [6.07, 6.45) is 2.86. The Balaban J connectivity index is 1.93. The van der Waals surface area contributed by atoms with Gasteiger partial charge >= 0.3 is 0 Å². The maximum atomic E-state index is 12.6. The standard InChI is InChI=1S/C17H21NO3S/c1-2-11-21-16-7-5-15-13-17(8-6-14(15)12-16)22(19,20)18-9-3-4-10-18/h5-8,12-13H,2-4,9-11H2,1H3. The number of hydrogen-bond donors (Lipinski definition) is 0. The van der Waals surface area contributed by atoms with Gasteiger partial charge in [-0.2, -0.15) is 4.31 Å². The van der Waals surface area contributed by atoms with E-state index < -0.39 is 10.0 Å². The monoisotopic (exact) mass is 319 g/mol. The molecule has 118 valence electrons. The fourth-order valence-corrected chi connectivity index (χ4v) is 4.30. The molecule has 1 aliphatic heterocycles. The van der Waals surface area contributed by atoms with Crippen molar-refractivity contribution < 1.29 is 13.2 Å². The van der Waals surface area contributed by atoms with Crippen molar-refractivity contribution in [2.45, 2.75) is 31.1 Å². The molecule has 0 aromatic heterocycles. The SMILES string of the molecule is CCCOc1ccc2cc(S(=O)(=O)N3CCCC3)ccc2c1. The van der Waals surface area contributed by atoms with Gasteiger partial charge in [0.25, 0.3) is 0 Å². The molecule has 22 heavy (non-hydrogen) atoms. The fraction of sp³-hybridized carbons (Fsp3) is 0.412. The normalized spacial score (nSPS) is 16.2. The van der Waals surface area contributed by atoms with Crippen molar-refractivity contribution in [2.24, 2.45) is 0 Å². The van der Waals surface area contributed by atoms with Gasteiger partial charge in [0.2, 0.25) is 10.0 Å². The zero-order valence-electron chi connectivity index (χ0n) is 12.8. The first-order chi connectivity index (χ1) is 10.6. The molecule has 0 unspecified atom stereocenters. The summed E-state index contributed by atoms with van der Waals surface area (Å²) in [7, 11) is -3.35. The Morgan fingerprint density at radius 3 is 2.45 bits per heavy atom. The summed E-state index contributed by atoms with van der Waals surface area (Å²) >= 11 is 0. The van der Waals surface area contributed by atoms with Crippen LogP contribution in [0.1, 0.15) is 26.2 Å². The van der Waals surface area contributed by atoms with E-state index in [2.05, 4.69) is 6.92 Å². The predicted molar refractivity (Wildman–Crippen MR) is 87.7 cm³/mol. The minimum atomic E-state index is -3.35. The molecule has 0 spiro atoms. The van der Waals surface area contributed by atoms with Crippen molar-refractivity contribution >= 4 is 20.8 Å². The molecule has 0 saturated carbocycles. The van der Waals surface area contributed by atoms with E-state index in [9.17, 15) is 8.42 Å². The molecule has 0 radical (unpaired) electrons. The second-order valence-electron chi connectivity index (χ2n) is 5.63. The molecule has 0 amide bonds. The highest BCUT2D eigenvalue weighted by Gasteiger charge is 2.27. The van der Waals surface area contributed by atoms with Gasteiger partial charge in [0.1, 0.15) is 5.75 Å². The van der Waals surface area contributed by atoms with Gasteiger partial charge in [-0.3, -0.25) is 0 Å².